The summed E-state index contributed by atoms with van der Waals surface area (Å²) in [6.45, 7) is 4.05. The molecule has 0 aromatic rings. The normalized spacial score (nSPS) is 21.0. The van der Waals surface area contributed by atoms with Crippen LogP contribution >= 0.6 is 0 Å². The van der Waals surface area contributed by atoms with Crippen LogP contribution in [0.4, 0.5) is 0 Å². The Bertz CT molecular complexity index is 354. The van der Waals surface area contributed by atoms with Crippen LogP contribution in [0.3, 0.4) is 0 Å². The first-order valence-electron chi connectivity index (χ1n) is 4.98. The Morgan fingerprint density at radius 3 is 2.73 bits per heavy atom. The van der Waals surface area contributed by atoms with Crippen LogP contribution in [0.1, 0.15) is 20.3 Å². The van der Waals surface area contributed by atoms with Gasteiger partial charge in [0.25, 0.3) is 0 Å². The van der Waals surface area contributed by atoms with Crippen LogP contribution in [0.15, 0.2) is 28.6 Å². The number of carbonyl (C=O) groups excluding carboxylic acids is 1. The predicted molar refractivity (Wildman–Crippen MR) is 60.0 cm³/mol. The zero-order chi connectivity index (χ0) is 11.4. The number of nitrogens with one attached hydrogen (secondary N) is 1. The van der Waals surface area contributed by atoms with E-state index in [0.29, 0.717) is 11.4 Å². The largest absolute Gasteiger partial charge is 0.506 e. The van der Waals surface area contributed by atoms with Gasteiger partial charge < -0.3 is 10.4 Å². The van der Waals surface area contributed by atoms with Gasteiger partial charge in [-0.05, 0) is 19.4 Å². The number of carbonyl (C=O) groups is 1. The second-order valence-corrected chi connectivity index (χ2v) is 3.51. The highest BCUT2D eigenvalue weighted by Gasteiger charge is 2.18. The summed E-state index contributed by atoms with van der Waals surface area (Å²) in [6, 6.07) is 0.248. The number of nitrogens with zero attached hydrogens (tertiary/aromatic N) is 1. The van der Waals surface area contributed by atoms with Gasteiger partial charge in [0.15, 0.2) is 0 Å². The molecule has 1 aliphatic carbocycles. The highest BCUT2D eigenvalue weighted by Crippen LogP contribution is 2.11. The van der Waals surface area contributed by atoms with Crippen molar-refractivity contribution in [2.75, 3.05) is 7.05 Å². The molecule has 4 nitrogen and oxygen atoms in total. The summed E-state index contributed by atoms with van der Waals surface area (Å²) >= 11 is 0. The first-order chi connectivity index (χ1) is 7.08. The van der Waals surface area contributed by atoms with E-state index in [1.807, 2.05) is 13.8 Å². The predicted octanol–water partition coefficient (Wildman–Crippen LogP) is 1.35. The van der Waals surface area contributed by atoms with Crippen LogP contribution in [0.2, 0.25) is 0 Å². The lowest BCUT2D eigenvalue weighted by Crippen LogP contribution is -2.29. The molecule has 0 fully saturated rings. The van der Waals surface area contributed by atoms with Crippen molar-refractivity contribution in [3.05, 3.63) is 23.6 Å². The number of ketones is 1. The Morgan fingerprint density at radius 1 is 1.53 bits per heavy atom. The maximum absolute atomic E-state index is 11.3. The molecule has 0 aromatic carbocycles. The number of aliphatic imine (C=N–C) groups is 1. The van der Waals surface area contributed by atoms with E-state index >= 15 is 0 Å². The van der Waals surface area contributed by atoms with Gasteiger partial charge in [-0.3, -0.25) is 9.79 Å². The van der Waals surface area contributed by atoms with Crippen LogP contribution in [0.5, 0.6) is 0 Å². The average molecular weight is 208 g/mol. The highest BCUT2D eigenvalue weighted by atomic mass is 16.3. The lowest BCUT2D eigenvalue weighted by atomic mass is 10.1. The zero-order valence-corrected chi connectivity index (χ0v) is 9.24. The quantitative estimate of drug-likeness (QED) is 0.688. The average Bonchev–Trinajstić information content (AvgIpc) is 2.21. The second kappa shape index (κ2) is 4.77. The van der Waals surface area contributed by atoms with Gasteiger partial charge in [-0.2, -0.15) is 0 Å². The van der Waals surface area contributed by atoms with Crippen molar-refractivity contribution in [2.24, 2.45) is 4.99 Å². The minimum atomic E-state index is -0.260. The minimum Gasteiger partial charge on any atom is -0.506 e. The van der Waals surface area contributed by atoms with Crippen LogP contribution in [0.25, 0.3) is 0 Å². The molecule has 15 heavy (non-hydrogen) atoms. The molecule has 1 unspecified atom stereocenters. The third-order valence-corrected chi connectivity index (χ3v) is 2.33. The summed E-state index contributed by atoms with van der Waals surface area (Å²) in [7, 11) is 1.56. The summed E-state index contributed by atoms with van der Waals surface area (Å²) in [4.78, 5) is 15.1. The summed E-state index contributed by atoms with van der Waals surface area (Å²) in [5, 5.41) is 12.7. The topological polar surface area (TPSA) is 61.7 Å². The third kappa shape index (κ3) is 2.68. The van der Waals surface area contributed by atoms with Crippen molar-refractivity contribution in [2.45, 2.75) is 26.3 Å². The van der Waals surface area contributed by atoms with Gasteiger partial charge in [-0.25, -0.2) is 0 Å². The van der Waals surface area contributed by atoms with E-state index in [1.165, 1.54) is 6.08 Å². The Labute approximate surface area is 89.4 Å². The molecule has 0 spiro atoms. The van der Waals surface area contributed by atoms with E-state index in [9.17, 15) is 9.90 Å². The summed E-state index contributed by atoms with van der Waals surface area (Å²) in [6.07, 6.45) is 3.70. The highest BCUT2D eigenvalue weighted by molar-refractivity contribution is 6.49. The van der Waals surface area contributed by atoms with Crippen molar-refractivity contribution >= 4 is 11.5 Å². The second-order valence-electron chi connectivity index (χ2n) is 3.51. The summed E-state index contributed by atoms with van der Waals surface area (Å²) in [5.74, 6) is -0.280. The molecule has 1 atom stereocenters. The van der Waals surface area contributed by atoms with Crippen molar-refractivity contribution in [3.8, 4) is 0 Å². The molecule has 0 amide bonds. The Kier molecular flexibility index (Phi) is 3.66. The molecule has 0 saturated heterocycles. The summed E-state index contributed by atoms with van der Waals surface area (Å²) in [5.41, 5.74) is 0.920. The smallest absolute Gasteiger partial charge is 0.207 e. The maximum atomic E-state index is 11.3. The molecule has 2 N–H and O–H groups in total. The Balaban J connectivity index is 2.88. The molecule has 4 heteroatoms. The molecule has 0 bridgehead atoms. The molecular formula is C11H16N2O2. The van der Waals surface area contributed by atoms with Crippen molar-refractivity contribution in [1.82, 2.24) is 5.32 Å². The fourth-order valence-corrected chi connectivity index (χ4v) is 1.22. The molecule has 0 aliphatic heterocycles. The van der Waals surface area contributed by atoms with Crippen molar-refractivity contribution < 1.29 is 9.90 Å². The molecule has 0 heterocycles. The number of aliphatic hydroxyl groups excluding tert-OH is 1. The number of rotatable bonds is 3. The molecule has 1 rings (SSSR count). The van der Waals surface area contributed by atoms with Gasteiger partial charge in [0.1, 0.15) is 11.5 Å². The van der Waals surface area contributed by atoms with Gasteiger partial charge in [0, 0.05) is 19.2 Å². The van der Waals surface area contributed by atoms with Gasteiger partial charge in [-0.15, -0.1) is 0 Å². The van der Waals surface area contributed by atoms with E-state index in [0.717, 1.165) is 6.42 Å². The van der Waals surface area contributed by atoms with Crippen molar-refractivity contribution in [1.29, 1.82) is 0 Å². The number of allylic oxidation sites excluding steroid dienone is 2. The first-order valence-corrected chi connectivity index (χ1v) is 4.98. The van der Waals surface area contributed by atoms with Gasteiger partial charge in [0.2, 0.25) is 5.78 Å². The first kappa shape index (κ1) is 11.5. The standard InChI is InChI=1S/C11H16N2O2/c1-4-7(2)13-9-5-8(12-3)10(14)6-11(9)15/h5-7,13,15H,4H2,1-3H3. The monoisotopic (exact) mass is 208 g/mol. The molecule has 0 radical (unpaired) electrons. The fraction of sp³-hybridized carbons (Fsp3) is 0.455. The van der Waals surface area contributed by atoms with E-state index in [4.69, 9.17) is 0 Å². The van der Waals surface area contributed by atoms with Gasteiger partial charge in [-0.1, -0.05) is 6.92 Å². The van der Waals surface area contributed by atoms with E-state index in [2.05, 4.69) is 10.3 Å². The van der Waals surface area contributed by atoms with E-state index in [1.54, 1.807) is 13.1 Å². The van der Waals surface area contributed by atoms with E-state index in [-0.39, 0.29) is 17.6 Å². The molecule has 82 valence electrons. The maximum Gasteiger partial charge on any atom is 0.207 e. The van der Waals surface area contributed by atoms with E-state index < -0.39 is 0 Å². The van der Waals surface area contributed by atoms with Crippen LogP contribution in [-0.4, -0.2) is 29.7 Å². The number of hydrogen-bond donors (Lipinski definition) is 2. The van der Waals surface area contributed by atoms with Crippen LogP contribution in [-0.2, 0) is 4.79 Å². The van der Waals surface area contributed by atoms with Crippen molar-refractivity contribution in [3.63, 3.8) is 0 Å². The fourth-order valence-electron chi connectivity index (χ4n) is 1.22. The lowest BCUT2D eigenvalue weighted by Gasteiger charge is -2.18. The van der Waals surface area contributed by atoms with Crippen LogP contribution in [0, 0.1) is 0 Å². The Morgan fingerprint density at radius 2 is 2.20 bits per heavy atom. The lowest BCUT2D eigenvalue weighted by molar-refractivity contribution is -0.109. The molecular weight excluding hydrogens is 192 g/mol. The SMILES string of the molecule is CCC(C)NC1=CC(=NC)C(=O)C=C1O. The zero-order valence-electron chi connectivity index (χ0n) is 9.24. The summed E-state index contributed by atoms with van der Waals surface area (Å²) < 4.78 is 0. The van der Waals surface area contributed by atoms with Crippen LogP contribution < -0.4 is 5.32 Å². The molecule has 1 aliphatic rings. The molecule has 0 saturated carbocycles. The number of hydrogen-bond acceptors (Lipinski definition) is 4. The number of aliphatic hydroxyl groups is 1. The molecule has 0 aromatic heterocycles. The minimum absolute atomic E-state index is 0.0206. The van der Waals surface area contributed by atoms with Gasteiger partial charge >= 0.3 is 0 Å². The van der Waals surface area contributed by atoms with Gasteiger partial charge in [0.05, 0.1) is 5.70 Å². The third-order valence-electron chi connectivity index (χ3n) is 2.33. The Hall–Kier alpha value is -1.58.